The number of amides is 1. The molecule has 2 unspecified atom stereocenters. The van der Waals surface area contributed by atoms with Gasteiger partial charge >= 0.3 is 0 Å². The van der Waals surface area contributed by atoms with E-state index in [1.165, 1.54) is 0 Å². The second-order valence-electron chi connectivity index (χ2n) is 1.28. The van der Waals surface area contributed by atoms with E-state index >= 15 is 0 Å². The van der Waals surface area contributed by atoms with Crippen LogP contribution in [-0.2, 0) is 9.59 Å². The number of rotatable bonds is 2. The van der Waals surface area contributed by atoms with Gasteiger partial charge in [0.2, 0.25) is 5.91 Å². The van der Waals surface area contributed by atoms with Crippen molar-refractivity contribution in [2.45, 2.75) is 6.04 Å². The molecule has 0 saturated heterocycles. The minimum atomic E-state index is -1.17. The third kappa shape index (κ3) is 2.00. The van der Waals surface area contributed by atoms with E-state index in [4.69, 9.17) is 5.73 Å². The van der Waals surface area contributed by atoms with Crippen LogP contribution in [0.5, 0.6) is 0 Å². The second-order valence-corrected chi connectivity index (χ2v) is 1.85. The zero-order valence-corrected chi connectivity index (χ0v) is 5.28. The number of nitrogens with two attached hydrogens (primary N) is 2. The lowest BCUT2D eigenvalue weighted by Crippen LogP contribution is -2.40. The lowest BCUT2D eigenvalue weighted by Gasteiger charge is -1.97. The van der Waals surface area contributed by atoms with E-state index in [-0.39, 0.29) is 0 Å². The predicted octanol–water partition coefficient (Wildman–Crippen LogP) is -1.80. The Morgan fingerprint density at radius 3 is 1.88 bits per heavy atom. The molecule has 0 aliphatic rings. The maximum Gasteiger partial charge on any atom is 0.242 e. The van der Waals surface area contributed by atoms with Gasteiger partial charge in [-0.15, -0.1) is 0 Å². The maximum absolute atomic E-state index is 10.1. The van der Waals surface area contributed by atoms with Gasteiger partial charge in [0.1, 0.15) is 6.04 Å². The maximum atomic E-state index is 10.1. The van der Waals surface area contributed by atoms with E-state index in [0.717, 1.165) is 0 Å². The van der Waals surface area contributed by atoms with E-state index in [0.29, 0.717) is 0 Å². The molecule has 46 valence electrons. The van der Waals surface area contributed by atoms with Crippen LogP contribution < -0.4 is 11.5 Å². The van der Waals surface area contributed by atoms with Gasteiger partial charge in [0, 0.05) is 0 Å². The zero-order chi connectivity index (χ0) is 6.73. The molecule has 0 radical (unpaired) electrons. The van der Waals surface area contributed by atoms with Gasteiger partial charge in [-0.2, -0.15) is 0 Å². The van der Waals surface area contributed by atoms with Crippen LogP contribution in [0.25, 0.3) is 0 Å². The van der Waals surface area contributed by atoms with Crippen molar-refractivity contribution in [3.63, 3.8) is 0 Å². The summed E-state index contributed by atoms with van der Waals surface area (Å²) in [6.07, 6.45) is 0. The monoisotopic (exact) mass is 134 g/mol. The van der Waals surface area contributed by atoms with Crippen LogP contribution in [0.3, 0.4) is 0 Å². The van der Waals surface area contributed by atoms with Gasteiger partial charge in [0.25, 0.3) is 0 Å². The number of hydrogen-bond donors (Lipinski definition) is 2. The van der Waals surface area contributed by atoms with Crippen molar-refractivity contribution >= 4 is 20.7 Å². The highest BCUT2D eigenvalue weighted by molar-refractivity contribution is 7.40. The van der Waals surface area contributed by atoms with Gasteiger partial charge in [-0.25, -0.2) is 0 Å². The van der Waals surface area contributed by atoms with Crippen LogP contribution >= 0.6 is 9.24 Å². The largest absolute Gasteiger partial charge is 0.368 e. The minimum absolute atomic E-state index is 0.488. The molecule has 0 fully saturated rings. The summed E-state index contributed by atoms with van der Waals surface area (Å²) in [6.45, 7) is 0. The summed E-state index contributed by atoms with van der Waals surface area (Å²) < 4.78 is 0. The molecule has 1 amide bonds. The van der Waals surface area contributed by atoms with E-state index < -0.39 is 17.5 Å². The number of primary amides is 1. The predicted molar refractivity (Wildman–Crippen MR) is 31.9 cm³/mol. The average Bonchev–Trinajstić information content (AvgIpc) is 1.64. The first kappa shape index (κ1) is 7.53. The third-order valence-electron chi connectivity index (χ3n) is 0.613. The van der Waals surface area contributed by atoms with Crippen molar-refractivity contribution in [3.8, 4) is 0 Å². The Labute approximate surface area is 48.8 Å². The molecule has 0 rings (SSSR count). The van der Waals surface area contributed by atoms with E-state index in [9.17, 15) is 9.59 Å². The zero-order valence-electron chi connectivity index (χ0n) is 4.13. The summed E-state index contributed by atoms with van der Waals surface area (Å²) in [6, 6.07) is -1.17. The Balaban J connectivity index is 3.83. The highest BCUT2D eigenvalue weighted by Crippen LogP contribution is 1.88. The Morgan fingerprint density at radius 1 is 1.50 bits per heavy atom. The average molecular weight is 134 g/mol. The van der Waals surface area contributed by atoms with E-state index in [1.54, 1.807) is 9.24 Å². The van der Waals surface area contributed by atoms with Crippen molar-refractivity contribution in [2.24, 2.45) is 11.5 Å². The molecule has 0 saturated carbocycles. The molecule has 5 heteroatoms. The number of carbonyl (C=O) groups excluding carboxylic acids is 2. The van der Waals surface area contributed by atoms with Gasteiger partial charge < -0.3 is 11.5 Å². The minimum Gasteiger partial charge on any atom is -0.368 e. The fourth-order valence-corrected chi connectivity index (χ4v) is 0.304. The van der Waals surface area contributed by atoms with Crippen LogP contribution in [0.1, 0.15) is 0 Å². The number of hydrogen-bond acceptors (Lipinski definition) is 3. The topological polar surface area (TPSA) is 86.2 Å². The molecule has 0 spiro atoms. The van der Waals surface area contributed by atoms with Gasteiger partial charge in [-0.3, -0.25) is 9.59 Å². The van der Waals surface area contributed by atoms with Gasteiger partial charge in [0.05, 0.1) is 0 Å². The van der Waals surface area contributed by atoms with Crippen molar-refractivity contribution in [1.82, 2.24) is 0 Å². The lowest BCUT2D eigenvalue weighted by atomic mass is 10.3. The summed E-state index contributed by atoms with van der Waals surface area (Å²) in [5.74, 6) is -0.801. The molecule has 0 aliphatic heterocycles. The highest BCUT2D eigenvalue weighted by atomic mass is 31.0. The van der Waals surface area contributed by atoms with Gasteiger partial charge in [0.15, 0.2) is 5.52 Å². The van der Waals surface area contributed by atoms with E-state index in [1.807, 2.05) is 0 Å². The standard InChI is InChI=1S/C3H7N2O2P/c4-1(2(5)6)3(7)8/h1H,4,8H2,(H2,5,6). The first-order chi connectivity index (χ1) is 3.55. The summed E-state index contributed by atoms with van der Waals surface area (Å²) in [7, 11) is 1.78. The number of carbonyl (C=O) groups is 2. The SMILES string of the molecule is NC(=O)C(N)C(=O)P. The molecular weight excluding hydrogens is 127 g/mol. The van der Waals surface area contributed by atoms with Crippen molar-refractivity contribution in [3.05, 3.63) is 0 Å². The van der Waals surface area contributed by atoms with Crippen LogP contribution in [-0.4, -0.2) is 17.5 Å². The lowest BCUT2D eigenvalue weighted by molar-refractivity contribution is -0.124. The first-order valence-electron chi connectivity index (χ1n) is 1.90. The van der Waals surface area contributed by atoms with Gasteiger partial charge in [-0.05, 0) is 0 Å². The van der Waals surface area contributed by atoms with Crippen molar-refractivity contribution in [1.29, 1.82) is 0 Å². The second kappa shape index (κ2) is 2.74. The molecule has 0 aliphatic carbocycles. The normalized spacial score (nSPS) is 12.8. The fourth-order valence-electron chi connectivity index (χ4n) is 0.140. The van der Waals surface area contributed by atoms with Crippen LogP contribution in [0.4, 0.5) is 0 Å². The fraction of sp³-hybridized carbons (Fsp3) is 0.333. The van der Waals surface area contributed by atoms with Crippen LogP contribution in [0, 0.1) is 0 Å². The molecule has 0 aromatic heterocycles. The molecule has 8 heavy (non-hydrogen) atoms. The smallest absolute Gasteiger partial charge is 0.242 e. The Bertz CT molecular complexity index is 110. The van der Waals surface area contributed by atoms with Crippen molar-refractivity contribution < 1.29 is 9.59 Å². The molecule has 0 aromatic carbocycles. The summed E-state index contributed by atoms with van der Waals surface area (Å²) >= 11 is 0. The van der Waals surface area contributed by atoms with Crippen LogP contribution in [0.15, 0.2) is 0 Å². The van der Waals surface area contributed by atoms with Gasteiger partial charge in [-0.1, -0.05) is 9.24 Å². The summed E-state index contributed by atoms with van der Waals surface area (Å²) in [4.78, 5) is 20.1. The highest BCUT2D eigenvalue weighted by Gasteiger charge is 2.13. The van der Waals surface area contributed by atoms with Crippen LogP contribution in [0.2, 0.25) is 0 Å². The molecule has 2 atom stereocenters. The Kier molecular flexibility index (Phi) is 2.58. The summed E-state index contributed by atoms with van der Waals surface area (Å²) in [5, 5.41) is 0. The van der Waals surface area contributed by atoms with Crippen molar-refractivity contribution in [2.75, 3.05) is 0 Å². The quantitative estimate of drug-likeness (QED) is 0.345. The summed E-state index contributed by atoms with van der Waals surface area (Å²) in [5.41, 5.74) is 9.06. The molecule has 0 aromatic rings. The third-order valence-corrected chi connectivity index (χ3v) is 0.972. The molecular formula is C3H7N2O2P. The first-order valence-corrected chi connectivity index (χ1v) is 2.47. The Morgan fingerprint density at radius 2 is 1.88 bits per heavy atom. The molecule has 4 nitrogen and oxygen atoms in total. The van der Waals surface area contributed by atoms with E-state index in [2.05, 4.69) is 5.73 Å². The molecule has 0 bridgehead atoms. The molecule has 0 heterocycles. The Hall–Kier alpha value is -0.470. The molecule has 4 N–H and O–H groups in total.